The molecule has 0 unspecified atom stereocenters. The monoisotopic (exact) mass is 285 g/mol. The Labute approximate surface area is 118 Å². The standard InChI is InChI=1S/C14H20ClNO3/c1-18-12-6-5-10(13(15)14(12)19-2)8-16-7-3-4-11(16)9-17/h5-6,11,17H,3-4,7-9H2,1-2H3/t11-/m1/s1. The van der Waals surface area contributed by atoms with E-state index in [2.05, 4.69) is 4.90 Å². The van der Waals surface area contributed by atoms with Crippen molar-refractivity contribution in [3.8, 4) is 11.5 Å². The summed E-state index contributed by atoms with van der Waals surface area (Å²) in [5.74, 6) is 1.21. The topological polar surface area (TPSA) is 41.9 Å². The van der Waals surface area contributed by atoms with Crippen LogP contribution >= 0.6 is 11.6 Å². The predicted molar refractivity (Wildman–Crippen MR) is 75.1 cm³/mol. The average molecular weight is 286 g/mol. The number of methoxy groups -OCH3 is 2. The van der Waals surface area contributed by atoms with E-state index >= 15 is 0 Å². The van der Waals surface area contributed by atoms with Crippen LogP contribution in [0.15, 0.2) is 12.1 Å². The van der Waals surface area contributed by atoms with Crippen molar-refractivity contribution in [2.45, 2.75) is 25.4 Å². The molecular formula is C14H20ClNO3. The first-order valence-corrected chi connectivity index (χ1v) is 6.83. The smallest absolute Gasteiger partial charge is 0.179 e. The summed E-state index contributed by atoms with van der Waals surface area (Å²) in [6, 6.07) is 4.06. The molecule has 1 fully saturated rings. The molecule has 0 amide bonds. The van der Waals surface area contributed by atoms with E-state index in [9.17, 15) is 5.11 Å². The first kappa shape index (κ1) is 14.4. The van der Waals surface area contributed by atoms with Crippen molar-refractivity contribution in [3.63, 3.8) is 0 Å². The molecule has 1 aliphatic rings. The molecule has 4 nitrogen and oxygen atoms in total. The number of ether oxygens (including phenoxy) is 2. The van der Waals surface area contributed by atoms with Gasteiger partial charge in [0.2, 0.25) is 0 Å². The Morgan fingerprint density at radius 1 is 1.37 bits per heavy atom. The molecule has 5 heteroatoms. The van der Waals surface area contributed by atoms with Gasteiger partial charge in [-0.1, -0.05) is 17.7 Å². The normalized spacial score (nSPS) is 19.7. The van der Waals surface area contributed by atoms with Crippen LogP contribution in [0.2, 0.25) is 5.02 Å². The number of hydrogen-bond donors (Lipinski definition) is 1. The van der Waals surface area contributed by atoms with Crippen LogP contribution in [0.3, 0.4) is 0 Å². The summed E-state index contributed by atoms with van der Waals surface area (Å²) in [5.41, 5.74) is 1.000. The minimum absolute atomic E-state index is 0.199. The maximum atomic E-state index is 9.35. The first-order chi connectivity index (χ1) is 9.21. The molecule has 1 aliphatic heterocycles. The molecule has 1 N–H and O–H groups in total. The Kier molecular flexibility index (Phi) is 4.91. The van der Waals surface area contributed by atoms with Gasteiger partial charge in [-0.2, -0.15) is 0 Å². The van der Waals surface area contributed by atoms with Gasteiger partial charge in [0.1, 0.15) is 0 Å². The fourth-order valence-electron chi connectivity index (χ4n) is 2.58. The Morgan fingerprint density at radius 3 is 2.79 bits per heavy atom. The molecule has 2 rings (SSSR count). The van der Waals surface area contributed by atoms with E-state index in [4.69, 9.17) is 21.1 Å². The highest BCUT2D eigenvalue weighted by Gasteiger charge is 2.25. The van der Waals surface area contributed by atoms with Crippen molar-refractivity contribution in [1.29, 1.82) is 0 Å². The maximum Gasteiger partial charge on any atom is 0.179 e. The van der Waals surface area contributed by atoms with E-state index in [-0.39, 0.29) is 12.6 Å². The highest BCUT2D eigenvalue weighted by molar-refractivity contribution is 6.33. The molecule has 0 saturated carbocycles. The van der Waals surface area contributed by atoms with Gasteiger partial charge in [0.05, 0.1) is 25.8 Å². The number of rotatable bonds is 5. The Morgan fingerprint density at radius 2 is 2.16 bits per heavy atom. The molecule has 1 aromatic carbocycles. The summed E-state index contributed by atoms with van der Waals surface area (Å²) >= 11 is 6.37. The Bertz CT molecular complexity index is 439. The lowest BCUT2D eigenvalue weighted by Gasteiger charge is -2.23. The molecule has 0 spiro atoms. The SMILES string of the molecule is COc1ccc(CN2CCC[C@@H]2CO)c(Cl)c1OC. The summed E-state index contributed by atoms with van der Waals surface area (Å²) in [5, 5.41) is 9.94. The van der Waals surface area contributed by atoms with Crippen LogP contribution in [0, 0.1) is 0 Å². The second-order valence-electron chi connectivity index (χ2n) is 4.72. The van der Waals surface area contributed by atoms with Crippen molar-refractivity contribution in [3.05, 3.63) is 22.7 Å². The Hall–Kier alpha value is -0.970. The van der Waals surface area contributed by atoms with E-state index in [1.807, 2.05) is 12.1 Å². The van der Waals surface area contributed by atoms with E-state index < -0.39 is 0 Å². The quantitative estimate of drug-likeness (QED) is 0.901. The molecule has 1 atom stereocenters. The van der Waals surface area contributed by atoms with Gasteiger partial charge >= 0.3 is 0 Å². The summed E-state index contributed by atoms with van der Waals surface area (Å²) < 4.78 is 10.5. The largest absolute Gasteiger partial charge is 0.493 e. The maximum absolute atomic E-state index is 9.35. The number of benzene rings is 1. The van der Waals surface area contributed by atoms with Crippen LogP contribution in [-0.2, 0) is 6.54 Å². The molecular weight excluding hydrogens is 266 g/mol. The van der Waals surface area contributed by atoms with Crippen molar-refractivity contribution in [2.24, 2.45) is 0 Å². The van der Waals surface area contributed by atoms with Crippen LogP contribution in [0.1, 0.15) is 18.4 Å². The molecule has 106 valence electrons. The average Bonchev–Trinajstić information content (AvgIpc) is 2.88. The number of hydrogen-bond acceptors (Lipinski definition) is 4. The van der Waals surface area contributed by atoms with Crippen molar-refractivity contribution < 1.29 is 14.6 Å². The van der Waals surface area contributed by atoms with Crippen LogP contribution in [-0.4, -0.2) is 43.4 Å². The number of aliphatic hydroxyl groups excluding tert-OH is 1. The third kappa shape index (κ3) is 2.96. The summed E-state index contributed by atoms with van der Waals surface area (Å²) in [7, 11) is 3.18. The van der Waals surface area contributed by atoms with Crippen molar-refractivity contribution in [1.82, 2.24) is 4.90 Å². The molecule has 0 aromatic heterocycles. The van der Waals surface area contributed by atoms with Gasteiger partial charge in [0, 0.05) is 12.6 Å². The molecule has 1 aromatic rings. The van der Waals surface area contributed by atoms with E-state index in [0.29, 0.717) is 16.5 Å². The fraction of sp³-hybridized carbons (Fsp3) is 0.571. The van der Waals surface area contributed by atoms with E-state index in [1.165, 1.54) is 0 Å². The zero-order valence-electron chi connectivity index (χ0n) is 11.4. The van der Waals surface area contributed by atoms with Gasteiger partial charge in [0.25, 0.3) is 0 Å². The van der Waals surface area contributed by atoms with Crippen LogP contribution in [0.4, 0.5) is 0 Å². The third-order valence-electron chi connectivity index (χ3n) is 3.65. The number of halogens is 1. The predicted octanol–water partition coefficient (Wildman–Crippen LogP) is 2.31. The van der Waals surface area contributed by atoms with Gasteiger partial charge < -0.3 is 14.6 Å². The highest BCUT2D eigenvalue weighted by Crippen LogP contribution is 2.38. The van der Waals surface area contributed by atoms with Gasteiger partial charge in [-0.15, -0.1) is 0 Å². The first-order valence-electron chi connectivity index (χ1n) is 6.45. The lowest BCUT2D eigenvalue weighted by atomic mass is 10.1. The number of likely N-dealkylation sites (tertiary alicyclic amines) is 1. The number of nitrogens with zero attached hydrogens (tertiary/aromatic N) is 1. The molecule has 1 saturated heterocycles. The van der Waals surface area contributed by atoms with Gasteiger partial charge in [0.15, 0.2) is 11.5 Å². The van der Waals surface area contributed by atoms with E-state index in [1.54, 1.807) is 14.2 Å². The fourth-order valence-corrected chi connectivity index (χ4v) is 2.87. The lowest BCUT2D eigenvalue weighted by Crippen LogP contribution is -2.31. The highest BCUT2D eigenvalue weighted by atomic mass is 35.5. The minimum Gasteiger partial charge on any atom is -0.493 e. The zero-order chi connectivity index (χ0) is 13.8. The second kappa shape index (κ2) is 6.46. The Balaban J connectivity index is 2.21. The summed E-state index contributed by atoms with van der Waals surface area (Å²) in [6.45, 7) is 1.92. The summed E-state index contributed by atoms with van der Waals surface area (Å²) in [6.07, 6.45) is 2.16. The molecule has 1 heterocycles. The number of aliphatic hydroxyl groups is 1. The second-order valence-corrected chi connectivity index (χ2v) is 5.10. The summed E-state index contributed by atoms with van der Waals surface area (Å²) in [4.78, 5) is 2.26. The van der Waals surface area contributed by atoms with Crippen LogP contribution in [0.5, 0.6) is 11.5 Å². The zero-order valence-corrected chi connectivity index (χ0v) is 12.1. The molecule has 0 bridgehead atoms. The van der Waals surface area contributed by atoms with Gasteiger partial charge in [-0.3, -0.25) is 4.90 Å². The molecule has 19 heavy (non-hydrogen) atoms. The van der Waals surface area contributed by atoms with Gasteiger partial charge in [-0.25, -0.2) is 0 Å². The van der Waals surface area contributed by atoms with E-state index in [0.717, 1.165) is 31.5 Å². The van der Waals surface area contributed by atoms with Crippen molar-refractivity contribution in [2.75, 3.05) is 27.4 Å². The third-order valence-corrected chi connectivity index (χ3v) is 4.06. The van der Waals surface area contributed by atoms with Crippen LogP contribution < -0.4 is 9.47 Å². The minimum atomic E-state index is 0.199. The molecule has 0 radical (unpaired) electrons. The van der Waals surface area contributed by atoms with Crippen molar-refractivity contribution >= 4 is 11.6 Å². The lowest BCUT2D eigenvalue weighted by molar-refractivity contribution is 0.153. The molecule has 0 aliphatic carbocycles. The van der Waals surface area contributed by atoms with Crippen LogP contribution in [0.25, 0.3) is 0 Å². The van der Waals surface area contributed by atoms with Gasteiger partial charge in [-0.05, 0) is 31.0 Å².